The van der Waals surface area contributed by atoms with Gasteiger partial charge in [0.05, 0.1) is 18.4 Å². The smallest absolute Gasteiger partial charge is 0.335 e. The number of anilines is 1. The van der Waals surface area contributed by atoms with Crippen molar-refractivity contribution in [1.29, 1.82) is 0 Å². The van der Waals surface area contributed by atoms with E-state index in [9.17, 15) is 14.4 Å². The molecule has 35 heavy (non-hydrogen) atoms. The zero-order chi connectivity index (χ0) is 24.9. The van der Waals surface area contributed by atoms with E-state index in [1.807, 2.05) is 30.3 Å². The molecule has 1 heterocycles. The van der Waals surface area contributed by atoms with E-state index in [4.69, 9.17) is 26.8 Å². The van der Waals surface area contributed by atoms with Crippen LogP contribution in [0.3, 0.4) is 0 Å². The molecule has 1 fully saturated rings. The number of carboxylic acid groups (broad SMARTS) is 1. The van der Waals surface area contributed by atoms with E-state index in [-0.39, 0.29) is 16.2 Å². The minimum absolute atomic E-state index is 0.0604. The number of methoxy groups -OCH3 is 1. The van der Waals surface area contributed by atoms with Crippen LogP contribution in [0.1, 0.15) is 21.5 Å². The van der Waals surface area contributed by atoms with Crippen LogP contribution in [0.25, 0.3) is 6.08 Å². The van der Waals surface area contributed by atoms with Gasteiger partial charge in [0.1, 0.15) is 12.2 Å². The van der Waals surface area contributed by atoms with Crippen molar-refractivity contribution >= 4 is 46.9 Å². The highest BCUT2D eigenvalue weighted by atomic mass is 32.1. The molecule has 0 atom stereocenters. The van der Waals surface area contributed by atoms with Gasteiger partial charge < -0.3 is 14.6 Å². The first kappa shape index (κ1) is 23.7. The van der Waals surface area contributed by atoms with Gasteiger partial charge in [-0.25, -0.2) is 4.79 Å². The van der Waals surface area contributed by atoms with Crippen LogP contribution in [-0.2, 0) is 16.2 Å². The monoisotopic (exact) mass is 488 g/mol. The van der Waals surface area contributed by atoms with E-state index in [0.29, 0.717) is 29.4 Å². The van der Waals surface area contributed by atoms with Crippen LogP contribution in [-0.4, -0.2) is 35.1 Å². The van der Waals surface area contributed by atoms with Crippen molar-refractivity contribution in [1.82, 2.24) is 5.32 Å². The highest BCUT2D eigenvalue weighted by molar-refractivity contribution is 7.80. The van der Waals surface area contributed by atoms with Gasteiger partial charge in [0, 0.05) is 0 Å². The summed E-state index contributed by atoms with van der Waals surface area (Å²) in [6.45, 7) is 0.311. The number of rotatable bonds is 7. The van der Waals surface area contributed by atoms with Crippen LogP contribution in [0, 0.1) is 0 Å². The number of nitrogens with zero attached hydrogens (tertiary/aromatic N) is 1. The Morgan fingerprint density at radius 2 is 1.74 bits per heavy atom. The fourth-order valence-corrected chi connectivity index (χ4v) is 3.72. The Morgan fingerprint density at radius 3 is 2.40 bits per heavy atom. The van der Waals surface area contributed by atoms with E-state index < -0.39 is 17.8 Å². The van der Waals surface area contributed by atoms with Crippen LogP contribution in [0.5, 0.6) is 11.5 Å². The van der Waals surface area contributed by atoms with Crippen LogP contribution in [0.15, 0.2) is 78.4 Å². The second-order valence-corrected chi connectivity index (χ2v) is 7.88. The molecule has 3 aromatic rings. The molecule has 3 aromatic carbocycles. The third kappa shape index (κ3) is 5.20. The lowest BCUT2D eigenvalue weighted by Gasteiger charge is -2.29. The molecule has 0 unspecified atom stereocenters. The number of benzene rings is 3. The largest absolute Gasteiger partial charge is 0.493 e. The molecule has 0 bridgehead atoms. The molecule has 0 aromatic heterocycles. The number of carboxylic acids is 1. The highest BCUT2D eigenvalue weighted by Crippen LogP contribution is 2.30. The molecule has 0 spiro atoms. The molecule has 1 saturated heterocycles. The Morgan fingerprint density at radius 1 is 1.03 bits per heavy atom. The summed E-state index contributed by atoms with van der Waals surface area (Å²) in [4.78, 5) is 38.1. The molecule has 9 heteroatoms. The van der Waals surface area contributed by atoms with Gasteiger partial charge in [0.15, 0.2) is 16.6 Å². The predicted octanol–water partition coefficient (Wildman–Crippen LogP) is 3.80. The van der Waals surface area contributed by atoms with E-state index in [1.165, 1.54) is 37.5 Å². The minimum Gasteiger partial charge on any atom is -0.493 e. The topological polar surface area (TPSA) is 105 Å². The summed E-state index contributed by atoms with van der Waals surface area (Å²) in [5.41, 5.74) is 1.77. The predicted molar refractivity (Wildman–Crippen MR) is 133 cm³/mol. The Hall–Kier alpha value is -4.50. The highest BCUT2D eigenvalue weighted by Gasteiger charge is 2.34. The van der Waals surface area contributed by atoms with Crippen molar-refractivity contribution in [3.05, 3.63) is 95.1 Å². The van der Waals surface area contributed by atoms with Gasteiger partial charge in [0.2, 0.25) is 0 Å². The first-order valence-corrected chi connectivity index (χ1v) is 10.9. The molecule has 8 nitrogen and oxygen atoms in total. The first-order chi connectivity index (χ1) is 16.9. The van der Waals surface area contributed by atoms with E-state index >= 15 is 0 Å². The summed E-state index contributed by atoms with van der Waals surface area (Å²) in [6, 6.07) is 20.3. The van der Waals surface area contributed by atoms with Crippen LogP contribution in [0.2, 0.25) is 0 Å². The maximum atomic E-state index is 13.2. The number of carbonyl (C=O) groups excluding carboxylic acids is 2. The zero-order valence-electron chi connectivity index (χ0n) is 18.6. The molecule has 1 aliphatic heterocycles. The minimum atomic E-state index is -1.09. The Balaban J connectivity index is 1.63. The molecule has 0 saturated carbocycles. The number of hydrogen-bond donors (Lipinski definition) is 2. The zero-order valence-corrected chi connectivity index (χ0v) is 19.4. The lowest BCUT2D eigenvalue weighted by Crippen LogP contribution is -2.54. The summed E-state index contributed by atoms with van der Waals surface area (Å²) < 4.78 is 11.3. The molecule has 1 aliphatic rings. The third-order valence-electron chi connectivity index (χ3n) is 5.21. The summed E-state index contributed by atoms with van der Waals surface area (Å²) in [7, 11) is 1.52. The summed E-state index contributed by atoms with van der Waals surface area (Å²) in [6.07, 6.45) is 1.44. The van der Waals surface area contributed by atoms with Gasteiger partial charge in [-0.1, -0.05) is 36.4 Å². The van der Waals surface area contributed by atoms with E-state index in [0.717, 1.165) is 10.5 Å². The summed E-state index contributed by atoms with van der Waals surface area (Å²) >= 11 is 5.19. The Labute approximate surface area is 206 Å². The van der Waals surface area contributed by atoms with Crippen LogP contribution in [0.4, 0.5) is 5.69 Å². The van der Waals surface area contributed by atoms with Gasteiger partial charge in [-0.3, -0.25) is 19.8 Å². The average molecular weight is 489 g/mol. The molecule has 176 valence electrons. The van der Waals surface area contributed by atoms with Gasteiger partial charge in [-0.05, 0) is 65.8 Å². The first-order valence-electron chi connectivity index (χ1n) is 10.5. The summed E-state index contributed by atoms with van der Waals surface area (Å²) in [5, 5.41) is 11.5. The lowest BCUT2D eigenvalue weighted by atomic mass is 10.1. The number of carbonyl (C=O) groups is 3. The number of thiocarbonyl (C=S) groups is 1. The van der Waals surface area contributed by atoms with Gasteiger partial charge in [-0.2, -0.15) is 0 Å². The van der Waals surface area contributed by atoms with Crippen LogP contribution >= 0.6 is 12.2 Å². The van der Waals surface area contributed by atoms with Crippen molar-refractivity contribution in [3.8, 4) is 11.5 Å². The van der Waals surface area contributed by atoms with Gasteiger partial charge >= 0.3 is 5.97 Å². The average Bonchev–Trinajstić information content (AvgIpc) is 2.86. The van der Waals surface area contributed by atoms with Crippen molar-refractivity contribution in [2.75, 3.05) is 12.0 Å². The molecule has 2 N–H and O–H groups in total. The molecule has 0 aliphatic carbocycles. The second-order valence-electron chi connectivity index (χ2n) is 7.49. The summed E-state index contributed by atoms with van der Waals surface area (Å²) in [5.74, 6) is -1.41. The number of hydrogen-bond acceptors (Lipinski definition) is 6. The maximum absolute atomic E-state index is 13.2. The lowest BCUT2D eigenvalue weighted by molar-refractivity contribution is -0.122. The maximum Gasteiger partial charge on any atom is 0.335 e. The Kier molecular flexibility index (Phi) is 6.88. The van der Waals surface area contributed by atoms with Crippen molar-refractivity contribution in [3.63, 3.8) is 0 Å². The normalized spacial score (nSPS) is 14.6. The second kappa shape index (κ2) is 10.2. The molecular formula is C26H20N2O6S. The van der Waals surface area contributed by atoms with Crippen molar-refractivity contribution in [2.45, 2.75) is 6.61 Å². The molecular weight excluding hydrogens is 468 g/mol. The van der Waals surface area contributed by atoms with Crippen molar-refractivity contribution < 1.29 is 29.0 Å². The Bertz CT molecular complexity index is 1340. The van der Waals surface area contributed by atoms with Gasteiger partial charge in [0.25, 0.3) is 11.8 Å². The fourth-order valence-electron chi connectivity index (χ4n) is 3.44. The standard InChI is InChI=1S/C26H20N2O6S/c1-33-21-12-7-17(14-22(21)34-15-16-5-3-2-4-6-16)13-20-23(29)27-26(35)28(24(20)30)19-10-8-18(9-11-19)25(31)32/h2-14H,15H2,1H3,(H,31,32)(H,27,29,35)/b20-13+. The number of aromatic carboxylic acids is 1. The molecule has 0 radical (unpaired) electrons. The molecule has 2 amide bonds. The quantitative estimate of drug-likeness (QED) is 0.296. The van der Waals surface area contributed by atoms with Crippen LogP contribution < -0.4 is 19.7 Å². The molecule has 4 rings (SSSR count). The fraction of sp³-hybridized carbons (Fsp3) is 0.0769. The van der Waals surface area contributed by atoms with E-state index in [2.05, 4.69) is 5.32 Å². The third-order valence-corrected chi connectivity index (χ3v) is 5.49. The SMILES string of the molecule is COc1ccc(/C=C2\C(=O)NC(=S)N(c3ccc(C(=O)O)cc3)C2=O)cc1OCc1ccccc1. The van der Waals surface area contributed by atoms with Crippen molar-refractivity contribution in [2.24, 2.45) is 0 Å². The van der Waals surface area contributed by atoms with Gasteiger partial charge in [-0.15, -0.1) is 0 Å². The number of amides is 2. The van der Waals surface area contributed by atoms with E-state index in [1.54, 1.807) is 18.2 Å². The number of nitrogens with one attached hydrogen (secondary N) is 1. The number of ether oxygens (including phenoxy) is 2.